The standard InChI is InChI=1S/C15H22ClN7/c1-17-15(18-7-2-3-9-23-11-21-22-12-23)19-8-6-13-4-5-14(16)20-10-13/h4-5,10-12H,2-3,6-9H2,1H3,(H2,17,18,19). The van der Waals surface area contributed by atoms with Crippen LogP contribution in [0.1, 0.15) is 18.4 Å². The molecule has 0 aliphatic rings. The molecule has 8 heteroatoms. The van der Waals surface area contributed by atoms with E-state index in [0.717, 1.165) is 50.4 Å². The molecule has 0 bridgehead atoms. The van der Waals surface area contributed by atoms with Gasteiger partial charge in [0.15, 0.2) is 5.96 Å². The van der Waals surface area contributed by atoms with Crippen molar-refractivity contribution in [3.63, 3.8) is 0 Å². The predicted molar refractivity (Wildman–Crippen MR) is 91.6 cm³/mol. The van der Waals surface area contributed by atoms with E-state index in [0.29, 0.717) is 5.15 Å². The van der Waals surface area contributed by atoms with E-state index in [1.54, 1.807) is 32.0 Å². The van der Waals surface area contributed by atoms with Crippen molar-refractivity contribution in [2.24, 2.45) is 4.99 Å². The Morgan fingerprint density at radius 2 is 1.96 bits per heavy atom. The molecule has 0 aliphatic heterocycles. The number of aromatic nitrogens is 4. The Morgan fingerprint density at radius 3 is 2.65 bits per heavy atom. The third-order valence-corrected chi connectivity index (χ3v) is 3.54. The molecule has 0 spiro atoms. The highest BCUT2D eigenvalue weighted by Gasteiger charge is 1.99. The first-order chi connectivity index (χ1) is 11.3. The fourth-order valence-electron chi connectivity index (χ4n) is 2.06. The molecule has 0 saturated carbocycles. The van der Waals surface area contributed by atoms with E-state index in [1.165, 1.54) is 0 Å². The summed E-state index contributed by atoms with van der Waals surface area (Å²) in [7, 11) is 1.77. The molecule has 2 N–H and O–H groups in total. The van der Waals surface area contributed by atoms with Crippen molar-refractivity contribution in [3.05, 3.63) is 41.7 Å². The zero-order valence-corrected chi connectivity index (χ0v) is 14.0. The summed E-state index contributed by atoms with van der Waals surface area (Å²) >= 11 is 5.77. The molecule has 0 radical (unpaired) electrons. The highest BCUT2D eigenvalue weighted by Crippen LogP contribution is 2.05. The second kappa shape index (κ2) is 9.78. The maximum Gasteiger partial charge on any atom is 0.190 e. The van der Waals surface area contributed by atoms with Gasteiger partial charge in [0.1, 0.15) is 17.8 Å². The van der Waals surface area contributed by atoms with Crippen LogP contribution in [0, 0.1) is 0 Å². The number of unbranched alkanes of at least 4 members (excludes halogenated alkanes) is 1. The SMILES string of the molecule is CN=C(NCCCCn1cnnc1)NCCc1ccc(Cl)nc1. The van der Waals surface area contributed by atoms with E-state index in [2.05, 4.69) is 30.8 Å². The van der Waals surface area contributed by atoms with Crippen LogP contribution < -0.4 is 10.6 Å². The first-order valence-corrected chi connectivity index (χ1v) is 8.03. The van der Waals surface area contributed by atoms with E-state index in [9.17, 15) is 0 Å². The average Bonchev–Trinajstić information content (AvgIpc) is 3.08. The topological polar surface area (TPSA) is 80.0 Å². The van der Waals surface area contributed by atoms with Crippen molar-refractivity contribution in [2.45, 2.75) is 25.8 Å². The number of guanidine groups is 1. The number of halogens is 1. The van der Waals surface area contributed by atoms with E-state index in [1.807, 2.05) is 10.6 Å². The van der Waals surface area contributed by atoms with Crippen LogP contribution in [0.3, 0.4) is 0 Å². The summed E-state index contributed by atoms with van der Waals surface area (Å²) < 4.78 is 1.98. The van der Waals surface area contributed by atoms with Crippen LogP contribution in [0.5, 0.6) is 0 Å². The van der Waals surface area contributed by atoms with Gasteiger partial charge in [-0.25, -0.2) is 4.98 Å². The third kappa shape index (κ3) is 6.65. The molecule has 2 aromatic rings. The maximum absolute atomic E-state index is 5.77. The molecule has 0 aliphatic carbocycles. The third-order valence-electron chi connectivity index (χ3n) is 3.32. The number of nitrogens with one attached hydrogen (secondary N) is 2. The summed E-state index contributed by atoms with van der Waals surface area (Å²) in [6, 6.07) is 3.79. The number of nitrogens with zero attached hydrogens (tertiary/aromatic N) is 5. The summed E-state index contributed by atoms with van der Waals surface area (Å²) in [6.45, 7) is 2.61. The van der Waals surface area contributed by atoms with Crippen LogP contribution >= 0.6 is 11.6 Å². The molecule has 7 nitrogen and oxygen atoms in total. The summed E-state index contributed by atoms with van der Waals surface area (Å²) in [5, 5.41) is 14.7. The van der Waals surface area contributed by atoms with Crippen LogP contribution in [0.15, 0.2) is 36.0 Å². The lowest BCUT2D eigenvalue weighted by Crippen LogP contribution is -2.38. The molecule has 0 saturated heterocycles. The van der Waals surface area contributed by atoms with Gasteiger partial charge < -0.3 is 15.2 Å². The fraction of sp³-hybridized carbons (Fsp3) is 0.467. The van der Waals surface area contributed by atoms with Gasteiger partial charge in [-0.05, 0) is 30.9 Å². The lowest BCUT2D eigenvalue weighted by Gasteiger charge is -2.11. The Labute approximate surface area is 141 Å². The van der Waals surface area contributed by atoms with Crippen LogP contribution in [0.4, 0.5) is 0 Å². The normalized spacial score (nSPS) is 11.5. The zero-order chi connectivity index (χ0) is 16.3. The molecule has 0 unspecified atom stereocenters. The smallest absolute Gasteiger partial charge is 0.190 e. The van der Waals surface area contributed by atoms with Gasteiger partial charge in [-0.1, -0.05) is 17.7 Å². The molecule has 0 aromatic carbocycles. The van der Waals surface area contributed by atoms with Gasteiger partial charge in [-0.3, -0.25) is 4.99 Å². The number of hydrogen-bond acceptors (Lipinski definition) is 4. The Hall–Kier alpha value is -2.15. The van der Waals surface area contributed by atoms with Crippen molar-refractivity contribution in [3.8, 4) is 0 Å². The minimum atomic E-state index is 0.519. The zero-order valence-electron chi connectivity index (χ0n) is 13.2. The number of aliphatic imine (C=N–C) groups is 1. The first kappa shape index (κ1) is 17.2. The average molecular weight is 336 g/mol. The first-order valence-electron chi connectivity index (χ1n) is 7.65. The van der Waals surface area contributed by atoms with E-state index < -0.39 is 0 Å². The Morgan fingerprint density at radius 1 is 1.17 bits per heavy atom. The summed E-state index contributed by atoms with van der Waals surface area (Å²) in [5.74, 6) is 0.816. The van der Waals surface area contributed by atoms with Crippen LogP contribution in [-0.2, 0) is 13.0 Å². The Bertz CT molecular complexity index is 580. The van der Waals surface area contributed by atoms with Crippen LogP contribution in [0.2, 0.25) is 5.15 Å². The molecular formula is C15H22ClN7. The van der Waals surface area contributed by atoms with Crippen molar-refractivity contribution < 1.29 is 0 Å². The molecule has 0 amide bonds. The number of hydrogen-bond donors (Lipinski definition) is 2. The number of rotatable bonds is 8. The molecule has 23 heavy (non-hydrogen) atoms. The van der Waals surface area contributed by atoms with Crippen molar-refractivity contribution in [2.75, 3.05) is 20.1 Å². The summed E-state index contributed by atoms with van der Waals surface area (Å²) in [5.41, 5.74) is 1.14. The highest BCUT2D eigenvalue weighted by molar-refractivity contribution is 6.29. The quantitative estimate of drug-likeness (QED) is 0.331. The molecular weight excluding hydrogens is 314 g/mol. The minimum absolute atomic E-state index is 0.519. The van der Waals surface area contributed by atoms with Gasteiger partial charge in [0, 0.05) is 32.9 Å². The number of pyridine rings is 1. The lowest BCUT2D eigenvalue weighted by molar-refractivity contribution is 0.597. The molecule has 0 fully saturated rings. The molecule has 2 aromatic heterocycles. The van der Waals surface area contributed by atoms with E-state index in [4.69, 9.17) is 11.6 Å². The van der Waals surface area contributed by atoms with Gasteiger partial charge in [-0.2, -0.15) is 0 Å². The second-order valence-electron chi connectivity index (χ2n) is 5.07. The minimum Gasteiger partial charge on any atom is -0.356 e. The molecule has 2 heterocycles. The van der Waals surface area contributed by atoms with Crippen molar-refractivity contribution in [1.82, 2.24) is 30.4 Å². The molecule has 124 valence electrons. The summed E-state index contributed by atoms with van der Waals surface area (Å²) in [6.07, 6.45) is 8.27. The van der Waals surface area contributed by atoms with Crippen LogP contribution in [-0.4, -0.2) is 45.8 Å². The van der Waals surface area contributed by atoms with E-state index in [-0.39, 0.29) is 0 Å². The fourth-order valence-corrected chi connectivity index (χ4v) is 2.18. The number of aryl methyl sites for hydroxylation is 1. The molecule has 2 rings (SSSR count). The largest absolute Gasteiger partial charge is 0.356 e. The predicted octanol–water partition coefficient (Wildman–Crippen LogP) is 1.51. The van der Waals surface area contributed by atoms with Gasteiger partial charge in [0.25, 0.3) is 0 Å². The van der Waals surface area contributed by atoms with E-state index >= 15 is 0 Å². The van der Waals surface area contributed by atoms with Gasteiger partial charge in [0.05, 0.1) is 0 Å². The lowest BCUT2D eigenvalue weighted by atomic mass is 10.2. The highest BCUT2D eigenvalue weighted by atomic mass is 35.5. The maximum atomic E-state index is 5.77. The van der Waals surface area contributed by atoms with Gasteiger partial charge in [0.2, 0.25) is 0 Å². The Balaban J connectivity index is 1.57. The second-order valence-corrected chi connectivity index (χ2v) is 5.46. The van der Waals surface area contributed by atoms with Crippen molar-refractivity contribution >= 4 is 17.6 Å². The Kier molecular flexibility index (Phi) is 7.32. The molecule has 0 atom stereocenters. The van der Waals surface area contributed by atoms with Crippen molar-refractivity contribution in [1.29, 1.82) is 0 Å². The van der Waals surface area contributed by atoms with Gasteiger partial charge >= 0.3 is 0 Å². The van der Waals surface area contributed by atoms with Crippen LogP contribution in [0.25, 0.3) is 0 Å². The summed E-state index contributed by atoms with van der Waals surface area (Å²) in [4.78, 5) is 8.28. The monoisotopic (exact) mass is 335 g/mol. The van der Waals surface area contributed by atoms with Gasteiger partial charge in [-0.15, -0.1) is 10.2 Å².